The molecule has 0 aromatic carbocycles. The van der Waals surface area contributed by atoms with Gasteiger partial charge in [-0.15, -0.1) is 0 Å². The molecular weight excluding hydrogens is 620 g/mol. The van der Waals surface area contributed by atoms with Crippen molar-refractivity contribution in [2.45, 2.75) is 149 Å². The molecule has 0 amide bonds. The van der Waals surface area contributed by atoms with Crippen LogP contribution in [0.4, 0.5) is 0 Å². The first-order valence-electron chi connectivity index (χ1n) is 17.8. The Morgan fingerprint density at radius 1 is 1.06 bits per heavy atom. The van der Waals surface area contributed by atoms with E-state index in [9.17, 15) is 34.8 Å². The van der Waals surface area contributed by atoms with E-state index in [-0.39, 0.29) is 54.4 Å². The van der Waals surface area contributed by atoms with Gasteiger partial charge in [0.15, 0.2) is 12.1 Å². The van der Waals surface area contributed by atoms with Gasteiger partial charge in [-0.3, -0.25) is 14.4 Å². The fraction of sp³-hybridized carbons (Fsp3) is 0.865. The Morgan fingerprint density at radius 2 is 1.73 bits per heavy atom. The molecule has 7 rings (SSSR count). The Kier molecular flexibility index (Phi) is 7.70. The molecule has 6 fully saturated rings. The van der Waals surface area contributed by atoms with Gasteiger partial charge >= 0.3 is 5.97 Å². The number of ketones is 2. The van der Waals surface area contributed by atoms with Crippen LogP contribution in [0.15, 0.2) is 11.6 Å². The summed E-state index contributed by atoms with van der Waals surface area (Å²) in [6, 6.07) is 0. The molecule has 2 spiro atoms. The minimum atomic E-state index is -1.39. The minimum Gasteiger partial charge on any atom is -0.459 e. The van der Waals surface area contributed by atoms with Gasteiger partial charge in [0.25, 0.3) is 0 Å². The number of rotatable bonds is 7. The van der Waals surface area contributed by atoms with Gasteiger partial charge < -0.3 is 39.4 Å². The number of fused-ring (bicyclic) bond motifs is 2. The highest BCUT2D eigenvalue weighted by Gasteiger charge is 2.86. The maximum atomic E-state index is 14.2. The van der Waals surface area contributed by atoms with Crippen LogP contribution in [0.25, 0.3) is 0 Å². The molecule has 2 aliphatic heterocycles. The first-order chi connectivity index (χ1) is 22.2. The van der Waals surface area contributed by atoms with Crippen LogP contribution in [0, 0.1) is 44.8 Å². The largest absolute Gasteiger partial charge is 0.459 e. The Bertz CT molecular complexity index is 1440. The van der Waals surface area contributed by atoms with Gasteiger partial charge in [-0.05, 0) is 62.2 Å². The number of epoxide rings is 1. The minimum absolute atomic E-state index is 0.0335. The number of hydrogen-bond donors (Lipinski definition) is 4. The highest BCUT2D eigenvalue weighted by atomic mass is 16.7. The smallest absolute Gasteiger partial charge is 0.303 e. The Labute approximate surface area is 282 Å². The molecular formula is C37H54O11. The SMILES string of the molecule is CC(=O)O[C@@H]1[C@H](O)[C@@]23C[C@@]24CC[C@H](O[C@@H]2OC[C@@H](O)[C@H](O)[C@H]2O)C(C)(C)[C@@H]4CC=C3[C@]2(C)CC(=O)[C@H]([C@H](C)CC(=O)[C@@H]3OC3(C)C)[C@@]12C. The zero-order valence-corrected chi connectivity index (χ0v) is 29.5. The Balaban J connectivity index is 1.23. The molecule has 4 saturated carbocycles. The first-order valence-corrected chi connectivity index (χ1v) is 17.8. The van der Waals surface area contributed by atoms with Crippen molar-refractivity contribution in [3.63, 3.8) is 0 Å². The van der Waals surface area contributed by atoms with Crippen molar-refractivity contribution in [3.8, 4) is 0 Å². The van der Waals surface area contributed by atoms with E-state index in [4.69, 9.17) is 18.9 Å². The third-order valence-corrected chi connectivity index (χ3v) is 14.8. The molecule has 48 heavy (non-hydrogen) atoms. The van der Waals surface area contributed by atoms with Crippen molar-refractivity contribution in [2.24, 2.45) is 44.8 Å². The number of carbonyl (C=O) groups excluding carboxylic acids is 3. The summed E-state index contributed by atoms with van der Waals surface area (Å²) in [5, 5.41) is 43.5. The van der Waals surface area contributed by atoms with Crippen LogP contribution in [-0.2, 0) is 33.3 Å². The van der Waals surface area contributed by atoms with Crippen LogP contribution < -0.4 is 0 Å². The van der Waals surface area contributed by atoms with E-state index >= 15 is 0 Å². The maximum Gasteiger partial charge on any atom is 0.303 e. The number of aliphatic hydroxyl groups excluding tert-OH is 4. The summed E-state index contributed by atoms with van der Waals surface area (Å²) < 4.78 is 23.7. The van der Waals surface area contributed by atoms with E-state index in [1.165, 1.54) is 6.92 Å². The summed E-state index contributed by atoms with van der Waals surface area (Å²) in [6.07, 6.45) is -2.45. The first kappa shape index (κ1) is 34.7. The zero-order valence-electron chi connectivity index (χ0n) is 29.5. The molecule has 11 heteroatoms. The average Bonchev–Trinajstić information content (AvgIpc) is 3.84. The quantitative estimate of drug-likeness (QED) is 0.178. The molecule has 5 aliphatic carbocycles. The molecule has 0 bridgehead atoms. The summed E-state index contributed by atoms with van der Waals surface area (Å²) in [6.45, 7) is 15.3. The second-order valence-corrected chi connectivity index (χ2v) is 17.9. The molecule has 268 valence electrons. The van der Waals surface area contributed by atoms with Crippen LogP contribution >= 0.6 is 0 Å². The van der Waals surface area contributed by atoms with Gasteiger partial charge in [0.2, 0.25) is 0 Å². The lowest BCUT2D eigenvalue weighted by molar-refractivity contribution is -0.301. The lowest BCUT2D eigenvalue weighted by Crippen LogP contribution is -2.66. The second-order valence-electron chi connectivity index (χ2n) is 17.9. The van der Waals surface area contributed by atoms with E-state index in [2.05, 4.69) is 26.8 Å². The fourth-order valence-electron chi connectivity index (χ4n) is 12.3. The van der Waals surface area contributed by atoms with Crippen molar-refractivity contribution in [1.29, 1.82) is 0 Å². The van der Waals surface area contributed by atoms with E-state index in [1.54, 1.807) is 0 Å². The molecule has 0 aromatic rings. The lowest BCUT2D eigenvalue weighted by atomic mass is 9.43. The van der Waals surface area contributed by atoms with Crippen LogP contribution in [-0.4, -0.2) is 99.2 Å². The number of carbonyl (C=O) groups is 3. The number of aliphatic hydroxyl groups is 4. The fourth-order valence-corrected chi connectivity index (χ4v) is 12.3. The van der Waals surface area contributed by atoms with Gasteiger partial charge in [0.1, 0.15) is 42.4 Å². The molecule has 2 heterocycles. The molecule has 0 aromatic heterocycles. The summed E-state index contributed by atoms with van der Waals surface area (Å²) >= 11 is 0. The molecule has 2 saturated heterocycles. The zero-order chi connectivity index (χ0) is 35.1. The summed E-state index contributed by atoms with van der Waals surface area (Å²) in [4.78, 5) is 40.2. The van der Waals surface area contributed by atoms with Gasteiger partial charge in [-0.25, -0.2) is 0 Å². The molecule has 4 N–H and O–H groups in total. The number of allylic oxidation sites excluding steroid dienone is 1. The van der Waals surface area contributed by atoms with E-state index in [0.717, 1.165) is 5.57 Å². The predicted octanol–water partition coefficient (Wildman–Crippen LogP) is 2.63. The molecule has 0 unspecified atom stereocenters. The monoisotopic (exact) mass is 674 g/mol. The van der Waals surface area contributed by atoms with Crippen LogP contribution in [0.1, 0.15) is 93.9 Å². The average molecular weight is 675 g/mol. The third-order valence-electron chi connectivity index (χ3n) is 14.8. The Morgan fingerprint density at radius 3 is 2.35 bits per heavy atom. The molecule has 0 radical (unpaired) electrons. The number of Topliss-reactive ketones (excluding diaryl/α,β-unsaturated/α-hetero) is 2. The van der Waals surface area contributed by atoms with Gasteiger partial charge in [-0.1, -0.05) is 46.3 Å². The molecule has 7 aliphatic rings. The van der Waals surface area contributed by atoms with Gasteiger partial charge in [0, 0.05) is 41.9 Å². The highest BCUT2D eigenvalue weighted by Crippen LogP contribution is 2.88. The van der Waals surface area contributed by atoms with Crippen molar-refractivity contribution in [3.05, 3.63) is 11.6 Å². The molecule has 15 atom stereocenters. The molecule has 11 nitrogen and oxygen atoms in total. The maximum absolute atomic E-state index is 14.2. The van der Waals surface area contributed by atoms with E-state index in [1.807, 2.05) is 27.7 Å². The van der Waals surface area contributed by atoms with Gasteiger partial charge in [-0.2, -0.15) is 0 Å². The lowest BCUT2D eigenvalue weighted by Gasteiger charge is -2.63. The second kappa shape index (κ2) is 10.7. The topological polar surface area (TPSA) is 172 Å². The van der Waals surface area contributed by atoms with E-state index < -0.39 is 82.1 Å². The number of ether oxygens (including phenoxy) is 4. The van der Waals surface area contributed by atoms with Crippen molar-refractivity contribution in [1.82, 2.24) is 0 Å². The Hall–Kier alpha value is -1.73. The van der Waals surface area contributed by atoms with E-state index in [0.29, 0.717) is 25.7 Å². The van der Waals surface area contributed by atoms with Crippen molar-refractivity contribution >= 4 is 17.5 Å². The van der Waals surface area contributed by atoms with Crippen LogP contribution in [0.3, 0.4) is 0 Å². The van der Waals surface area contributed by atoms with Crippen molar-refractivity contribution < 1.29 is 53.8 Å². The summed E-state index contributed by atoms with van der Waals surface area (Å²) in [7, 11) is 0. The predicted molar refractivity (Wildman–Crippen MR) is 170 cm³/mol. The number of esters is 1. The van der Waals surface area contributed by atoms with Crippen molar-refractivity contribution in [2.75, 3.05) is 6.61 Å². The summed E-state index contributed by atoms with van der Waals surface area (Å²) in [5.74, 6) is -1.39. The normalized spacial score (nSPS) is 51.8. The summed E-state index contributed by atoms with van der Waals surface area (Å²) in [5.41, 5.74) is -2.51. The van der Waals surface area contributed by atoms with Gasteiger partial charge in [0.05, 0.1) is 18.3 Å². The van der Waals surface area contributed by atoms with Crippen LogP contribution in [0.5, 0.6) is 0 Å². The van der Waals surface area contributed by atoms with Crippen LogP contribution in [0.2, 0.25) is 0 Å². The number of hydrogen-bond acceptors (Lipinski definition) is 11. The third kappa shape index (κ3) is 4.34. The highest BCUT2D eigenvalue weighted by molar-refractivity contribution is 5.90. The standard InChI is InChI=1S/C37H54O11/c1-17(13-19(39)29-33(5,6)48-29)25-20(40)14-34(7)23-10-9-22-32(3,4)24(47-31-27(43)26(42)21(41)15-45-31)11-12-36(22)16-37(23,36)28(44)30(35(25,34)8)46-18(2)38/h10,17,21-22,24-31,41-44H,9,11-16H2,1-8H3/t17-,21-,22+,24+,25+,26+,27-,28+,29+,30-,31+,34+,35+,36-,37+/m1/s1.